The third-order valence-electron chi connectivity index (χ3n) is 7.12. The molecule has 12 heteroatoms. The number of nitrogen functional groups attached to an aromatic ring is 1. The van der Waals surface area contributed by atoms with E-state index in [1.807, 2.05) is 36.1 Å². The molecule has 2 atom stereocenters. The van der Waals surface area contributed by atoms with Crippen molar-refractivity contribution in [1.82, 2.24) is 19.5 Å². The number of hydrogen-bond donors (Lipinski definition) is 1. The van der Waals surface area contributed by atoms with Gasteiger partial charge in [0.15, 0.2) is 11.5 Å². The number of aromatic nitrogens is 4. The lowest BCUT2D eigenvalue weighted by molar-refractivity contribution is 0.0649. The molecule has 0 saturated heterocycles. The Kier molecular flexibility index (Phi) is 20.9. The van der Waals surface area contributed by atoms with Crippen molar-refractivity contribution in [3.8, 4) is 0 Å². The van der Waals surface area contributed by atoms with E-state index in [1.165, 1.54) is 96.2 Å². The number of ether oxygens (including phenoxy) is 1. The highest BCUT2D eigenvalue weighted by molar-refractivity contribution is 8.76. The predicted octanol–water partition coefficient (Wildman–Crippen LogP) is 9.52. The summed E-state index contributed by atoms with van der Waals surface area (Å²) in [5.41, 5.74) is 7.08. The van der Waals surface area contributed by atoms with Crippen LogP contribution in [-0.2, 0) is 24.9 Å². The fourth-order valence-electron chi connectivity index (χ4n) is 4.64. The van der Waals surface area contributed by atoms with Gasteiger partial charge in [-0.2, -0.15) is 0 Å². The van der Waals surface area contributed by atoms with Crippen molar-refractivity contribution < 1.29 is 18.3 Å². The maximum Gasteiger partial charge on any atom is 0.356 e. The van der Waals surface area contributed by atoms with Gasteiger partial charge in [0.25, 0.3) is 0 Å². The van der Waals surface area contributed by atoms with Crippen LogP contribution in [0.25, 0.3) is 11.2 Å². The molecule has 1 unspecified atom stereocenters. The minimum Gasteiger partial charge on any atom is -0.382 e. The average molecular weight is 660 g/mol. The maximum atomic E-state index is 13.4. The van der Waals surface area contributed by atoms with Gasteiger partial charge >= 0.3 is 7.60 Å². The molecule has 0 aliphatic heterocycles. The van der Waals surface area contributed by atoms with Crippen molar-refractivity contribution in [3.05, 3.63) is 12.7 Å². The van der Waals surface area contributed by atoms with Gasteiger partial charge in [-0.1, -0.05) is 126 Å². The van der Waals surface area contributed by atoms with Crippen LogP contribution in [-0.4, -0.2) is 56.7 Å². The lowest BCUT2D eigenvalue weighted by Crippen LogP contribution is -2.19. The molecule has 2 aromatic rings. The summed E-state index contributed by atoms with van der Waals surface area (Å²) in [6.07, 6.45) is 22.1. The van der Waals surface area contributed by atoms with Gasteiger partial charge in [-0.05, 0) is 19.3 Å². The third kappa shape index (κ3) is 17.4. The Morgan fingerprint density at radius 1 is 0.837 bits per heavy atom. The first-order valence-corrected chi connectivity index (χ1v) is 20.7. The number of nitrogens with zero attached hydrogens (tertiary/aromatic N) is 4. The number of hydrogen-bond acceptors (Lipinski definition) is 10. The van der Waals surface area contributed by atoms with Gasteiger partial charge in [0, 0.05) is 11.5 Å². The fourth-order valence-corrected chi connectivity index (χ4v) is 8.29. The molecule has 2 heterocycles. The molecule has 2 aromatic heterocycles. The predicted molar refractivity (Wildman–Crippen MR) is 185 cm³/mol. The van der Waals surface area contributed by atoms with Crippen molar-refractivity contribution in [1.29, 1.82) is 0 Å². The molecule has 0 fully saturated rings. The summed E-state index contributed by atoms with van der Waals surface area (Å²) in [4.78, 5) is 12.5. The topological polar surface area (TPSA) is 114 Å². The zero-order valence-corrected chi connectivity index (χ0v) is 29.7. The Hall–Kier alpha value is -0.840. The van der Waals surface area contributed by atoms with Gasteiger partial charge in [0.2, 0.25) is 0 Å². The van der Waals surface area contributed by atoms with E-state index in [1.54, 1.807) is 17.1 Å². The second-order valence-corrected chi connectivity index (χ2v) is 16.5. The minimum atomic E-state index is -3.38. The number of imidazole rings is 1. The fraction of sp³-hybridized carbons (Fsp3) is 0.839. The van der Waals surface area contributed by atoms with Crippen molar-refractivity contribution >= 4 is 46.2 Å². The minimum absolute atomic E-state index is 0.0957. The summed E-state index contributed by atoms with van der Waals surface area (Å²) in [6.45, 7) is 9.44. The molecule has 2 rings (SSSR count). The van der Waals surface area contributed by atoms with Crippen LogP contribution in [0.2, 0.25) is 0 Å². The van der Waals surface area contributed by atoms with Gasteiger partial charge in [-0.3, -0.25) is 4.57 Å². The zero-order valence-electron chi connectivity index (χ0n) is 27.2. The highest BCUT2D eigenvalue weighted by atomic mass is 33.1. The first-order chi connectivity index (χ1) is 20.8. The highest BCUT2D eigenvalue weighted by Gasteiger charge is 2.27. The van der Waals surface area contributed by atoms with Crippen molar-refractivity contribution in [3.63, 3.8) is 0 Å². The van der Waals surface area contributed by atoms with E-state index in [-0.39, 0.29) is 18.4 Å². The van der Waals surface area contributed by atoms with Gasteiger partial charge in [0.05, 0.1) is 32.2 Å². The van der Waals surface area contributed by atoms with E-state index in [0.29, 0.717) is 36.7 Å². The van der Waals surface area contributed by atoms with Gasteiger partial charge in [-0.25, -0.2) is 15.0 Å². The number of fused-ring (bicyclic) bond motifs is 1. The third-order valence-corrected chi connectivity index (χ3v) is 11.2. The molecule has 0 bridgehead atoms. The van der Waals surface area contributed by atoms with Crippen LogP contribution in [0, 0.1) is 5.92 Å². The van der Waals surface area contributed by atoms with Crippen LogP contribution in [0.5, 0.6) is 0 Å². The van der Waals surface area contributed by atoms with Crippen LogP contribution in [0.15, 0.2) is 12.7 Å². The summed E-state index contributed by atoms with van der Waals surface area (Å²) < 4.78 is 32.7. The Morgan fingerprint density at radius 3 is 2.07 bits per heavy atom. The van der Waals surface area contributed by atoms with E-state index >= 15 is 0 Å². The van der Waals surface area contributed by atoms with Crippen LogP contribution < -0.4 is 5.73 Å². The first-order valence-electron chi connectivity index (χ1n) is 16.5. The number of nitrogens with two attached hydrogens (primary N) is 1. The number of rotatable bonds is 28. The van der Waals surface area contributed by atoms with E-state index in [2.05, 4.69) is 21.9 Å². The Bertz CT molecular complexity index is 1030. The smallest absolute Gasteiger partial charge is 0.356 e. The van der Waals surface area contributed by atoms with Gasteiger partial charge in [-0.15, -0.1) is 0 Å². The quantitative estimate of drug-likeness (QED) is 0.0538. The molecule has 0 amide bonds. The van der Waals surface area contributed by atoms with Crippen LogP contribution in [0.1, 0.15) is 118 Å². The van der Waals surface area contributed by atoms with Gasteiger partial charge in [0.1, 0.15) is 18.2 Å². The number of anilines is 1. The lowest BCUT2D eigenvalue weighted by atomic mass is 10.0. The summed E-state index contributed by atoms with van der Waals surface area (Å²) in [7, 11) is 0.269. The molecule has 43 heavy (non-hydrogen) atoms. The van der Waals surface area contributed by atoms with Crippen molar-refractivity contribution in [2.24, 2.45) is 5.92 Å². The van der Waals surface area contributed by atoms with Gasteiger partial charge < -0.3 is 24.1 Å². The molecule has 248 valence electrons. The molecule has 0 radical (unpaired) electrons. The average Bonchev–Trinajstić information content (AvgIpc) is 3.40. The summed E-state index contributed by atoms with van der Waals surface area (Å²) in [6, 6.07) is 0. The summed E-state index contributed by atoms with van der Waals surface area (Å²) >= 11 is 0. The molecule has 2 N–H and O–H groups in total. The van der Waals surface area contributed by atoms with Crippen LogP contribution in [0.3, 0.4) is 0 Å². The largest absolute Gasteiger partial charge is 0.382 e. The van der Waals surface area contributed by atoms with E-state index in [4.69, 9.17) is 19.5 Å². The Labute approximate surface area is 268 Å². The van der Waals surface area contributed by atoms with E-state index in [9.17, 15) is 4.57 Å². The molecule has 0 spiro atoms. The second kappa shape index (κ2) is 23.5. The monoisotopic (exact) mass is 659 g/mol. The van der Waals surface area contributed by atoms with Crippen molar-refractivity contribution in [2.45, 2.75) is 130 Å². The molecule has 0 aliphatic carbocycles. The van der Waals surface area contributed by atoms with Crippen molar-refractivity contribution in [2.75, 3.05) is 36.8 Å². The molecule has 0 aliphatic rings. The SMILES string of the molecule is CCCCCCCCCCCCCCCCSSCCOP(=O)(CO[C@H](C)Cn1cnc2c(N)ncnc21)OCC(C)C. The normalized spacial score (nSPS) is 14.1. The molecule has 0 aromatic carbocycles. The molecular weight excluding hydrogens is 601 g/mol. The van der Waals surface area contributed by atoms with E-state index < -0.39 is 7.60 Å². The highest BCUT2D eigenvalue weighted by Crippen LogP contribution is 2.49. The van der Waals surface area contributed by atoms with Crippen LogP contribution in [0.4, 0.5) is 5.82 Å². The molecule has 9 nitrogen and oxygen atoms in total. The summed E-state index contributed by atoms with van der Waals surface area (Å²) in [5, 5.41) is 0. The molecular formula is C31H58N5O4PS2. The maximum absolute atomic E-state index is 13.4. The first kappa shape index (κ1) is 38.3. The zero-order chi connectivity index (χ0) is 31.2. The Balaban J connectivity index is 1.52. The molecule has 0 saturated carbocycles. The lowest BCUT2D eigenvalue weighted by Gasteiger charge is -2.22. The standard InChI is InChI=1S/C31H58N5O4PS2/c1-5-6-7-8-9-10-11-12-13-14-15-16-17-18-20-42-43-21-19-39-41(37,40-23-27(2)3)26-38-28(4)22-36-25-35-29-30(32)33-24-34-31(29)36/h24-25,27-28H,5-23,26H2,1-4H3,(H2,32,33,34)/t28-,41?/m1/s1. The summed E-state index contributed by atoms with van der Waals surface area (Å²) in [5.74, 6) is 2.49. The number of unbranched alkanes of at least 4 members (excludes halogenated alkanes) is 13. The second-order valence-electron chi connectivity index (χ2n) is 11.8. The Morgan fingerprint density at radius 2 is 1.44 bits per heavy atom. The van der Waals surface area contributed by atoms with E-state index in [0.717, 1.165) is 11.5 Å². The van der Waals surface area contributed by atoms with Crippen LogP contribution >= 0.6 is 29.2 Å².